The van der Waals surface area contributed by atoms with E-state index in [0.29, 0.717) is 5.92 Å². The van der Waals surface area contributed by atoms with Gasteiger partial charge >= 0.3 is 0 Å². The number of H-pyrrole nitrogens is 1. The van der Waals surface area contributed by atoms with Gasteiger partial charge in [0.25, 0.3) is 5.91 Å². The lowest BCUT2D eigenvalue weighted by Gasteiger charge is -2.35. The minimum Gasteiger partial charge on any atom is -0.483 e. The second kappa shape index (κ2) is 7.72. The number of aromatic amines is 1. The van der Waals surface area contributed by atoms with Crippen molar-refractivity contribution in [3.05, 3.63) is 47.3 Å². The molecule has 5 nitrogen and oxygen atoms in total. The topological polar surface area (TPSA) is 58.2 Å². The third kappa shape index (κ3) is 4.03. The SMILES string of the molecule is Cc1ccc(C(C)C)cc1OCC(=O)N1CCCC[C@@H]1c1cn[nH]c1. The molecule has 0 aliphatic carbocycles. The Balaban J connectivity index is 1.68. The van der Waals surface area contributed by atoms with E-state index < -0.39 is 0 Å². The fourth-order valence-corrected chi connectivity index (χ4v) is 3.37. The number of carbonyl (C=O) groups is 1. The van der Waals surface area contributed by atoms with Gasteiger partial charge in [-0.15, -0.1) is 0 Å². The molecule has 0 saturated carbocycles. The minimum atomic E-state index is 0.0419. The summed E-state index contributed by atoms with van der Waals surface area (Å²) >= 11 is 0. The zero-order valence-corrected chi connectivity index (χ0v) is 15.3. The van der Waals surface area contributed by atoms with E-state index in [9.17, 15) is 4.79 Å². The van der Waals surface area contributed by atoms with Gasteiger partial charge in [0, 0.05) is 18.3 Å². The number of benzene rings is 1. The number of carbonyl (C=O) groups excluding carboxylic acids is 1. The number of amides is 1. The molecular formula is C20H27N3O2. The molecule has 1 fully saturated rings. The van der Waals surface area contributed by atoms with Crippen LogP contribution in [0.25, 0.3) is 0 Å². The normalized spacial score (nSPS) is 17.8. The Hall–Kier alpha value is -2.30. The Morgan fingerprint density at radius 3 is 2.96 bits per heavy atom. The van der Waals surface area contributed by atoms with Crippen molar-refractivity contribution in [1.29, 1.82) is 0 Å². The minimum absolute atomic E-state index is 0.0419. The third-order valence-electron chi connectivity index (χ3n) is 4.96. The molecule has 0 radical (unpaired) electrons. The highest BCUT2D eigenvalue weighted by molar-refractivity contribution is 5.78. The number of aryl methyl sites for hydroxylation is 1. The van der Waals surface area contributed by atoms with Crippen molar-refractivity contribution in [3.8, 4) is 5.75 Å². The molecule has 1 amide bonds. The first-order valence-corrected chi connectivity index (χ1v) is 9.07. The van der Waals surface area contributed by atoms with Crippen molar-refractivity contribution in [3.63, 3.8) is 0 Å². The highest BCUT2D eigenvalue weighted by Gasteiger charge is 2.28. The van der Waals surface area contributed by atoms with Crippen LogP contribution in [0.2, 0.25) is 0 Å². The number of hydrogen-bond acceptors (Lipinski definition) is 3. The van der Waals surface area contributed by atoms with Crippen molar-refractivity contribution in [1.82, 2.24) is 15.1 Å². The standard InChI is InChI=1S/C20H27N3O2/c1-14(2)16-8-7-15(3)19(10-16)25-13-20(24)23-9-5-4-6-18(23)17-11-21-22-12-17/h7-8,10-12,14,18H,4-6,9,13H2,1-3H3,(H,21,22)/t18-/m1/s1. The zero-order valence-electron chi connectivity index (χ0n) is 15.3. The number of aromatic nitrogens is 2. The molecular weight excluding hydrogens is 314 g/mol. The van der Waals surface area contributed by atoms with Gasteiger partial charge in [0.1, 0.15) is 5.75 Å². The molecule has 0 bridgehead atoms. The van der Waals surface area contributed by atoms with Crippen LogP contribution in [-0.2, 0) is 4.79 Å². The summed E-state index contributed by atoms with van der Waals surface area (Å²) in [5, 5.41) is 6.88. The molecule has 3 rings (SSSR count). The second-order valence-electron chi connectivity index (χ2n) is 7.10. The molecule has 25 heavy (non-hydrogen) atoms. The van der Waals surface area contributed by atoms with Crippen molar-refractivity contribution in [2.75, 3.05) is 13.2 Å². The Labute approximate surface area is 149 Å². The fourth-order valence-electron chi connectivity index (χ4n) is 3.37. The number of hydrogen-bond donors (Lipinski definition) is 1. The molecule has 1 aliphatic heterocycles. The van der Waals surface area contributed by atoms with E-state index in [1.54, 1.807) is 0 Å². The van der Waals surface area contributed by atoms with Crippen LogP contribution in [0.1, 0.15) is 61.8 Å². The van der Waals surface area contributed by atoms with Crippen molar-refractivity contribution in [2.45, 2.75) is 52.0 Å². The average molecular weight is 341 g/mol. The van der Waals surface area contributed by atoms with Gasteiger partial charge in [-0.2, -0.15) is 5.10 Å². The lowest BCUT2D eigenvalue weighted by atomic mass is 9.97. The number of nitrogens with one attached hydrogen (secondary N) is 1. The van der Waals surface area contributed by atoms with Gasteiger partial charge < -0.3 is 9.64 Å². The van der Waals surface area contributed by atoms with Gasteiger partial charge in [0.2, 0.25) is 0 Å². The Kier molecular flexibility index (Phi) is 5.41. The molecule has 0 unspecified atom stereocenters. The largest absolute Gasteiger partial charge is 0.483 e. The molecule has 1 atom stereocenters. The number of likely N-dealkylation sites (tertiary alicyclic amines) is 1. The summed E-state index contributed by atoms with van der Waals surface area (Å²) in [6, 6.07) is 6.34. The number of ether oxygens (including phenoxy) is 1. The fraction of sp³-hybridized carbons (Fsp3) is 0.500. The number of piperidine rings is 1. The smallest absolute Gasteiger partial charge is 0.261 e. The molecule has 2 aromatic rings. The molecule has 1 aromatic carbocycles. The van der Waals surface area contributed by atoms with Crippen LogP contribution < -0.4 is 4.74 Å². The average Bonchev–Trinajstić information content (AvgIpc) is 3.15. The summed E-state index contributed by atoms with van der Waals surface area (Å²) in [6.45, 7) is 7.19. The van der Waals surface area contributed by atoms with Crippen LogP contribution in [-0.4, -0.2) is 34.2 Å². The number of nitrogens with zero attached hydrogens (tertiary/aromatic N) is 2. The first kappa shape index (κ1) is 17.5. The Morgan fingerprint density at radius 2 is 2.24 bits per heavy atom. The van der Waals surface area contributed by atoms with E-state index in [2.05, 4.69) is 42.2 Å². The van der Waals surface area contributed by atoms with E-state index in [0.717, 1.165) is 42.7 Å². The Bertz CT molecular complexity index is 710. The third-order valence-corrected chi connectivity index (χ3v) is 4.96. The van der Waals surface area contributed by atoms with Gasteiger partial charge in [-0.05, 0) is 49.3 Å². The van der Waals surface area contributed by atoms with Crippen molar-refractivity contribution < 1.29 is 9.53 Å². The van der Waals surface area contributed by atoms with Crippen molar-refractivity contribution in [2.24, 2.45) is 0 Å². The molecule has 0 spiro atoms. The van der Waals surface area contributed by atoms with E-state index in [1.165, 1.54) is 5.56 Å². The van der Waals surface area contributed by atoms with Crippen LogP contribution in [0.5, 0.6) is 5.75 Å². The zero-order chi connectivity index (χ0) is 17.8. The summed E-state index contributed by atoms with van der Waals surface area (Å²) in [5.41, 5.74) is 3.36. The lowest BCUT2D eigenvalue weighted by molar-refractivity contribution is -0.137. The predicted octanol–water partition coefficient (Wildman–Crippen LogP) is 3.97. The van der Waals surface area contributed by atoms with Gasteiger partial charge in [-0.3, -0.25) is 9.89 Å². The molecule has 5 heteroatoms. The summed E-state index contributed by atoms with van der Waals surface area (Å²) in [4.78, 5) is 14.7. The van der Waals surface area contributed by atoms with Crippen LogP contribution in [0.4, 0.5) is 0 Å². The molecule has 1 aromatic heterocycles. The molecule has 2 heterocycles. The summed E-state index contributed by atoms with van der Waals surface area (Å²) in [6.07, 6.45) is 6.85. The highest BCUT2D eigenvalue weighted by atomic mass is 16.5. The quantitative estimate of drug-likeness (QED) is 0.895. The van der Waals surface area contributed by atoms with Crippen LogP contribution in [0.15, 0.2) is 30.6 Å². The van der Waals surface area contributed by atoms with Crippen LogP contribution in [0.3, 0.4) is 0 Å². The van der Waals surface area contributed by atoms with E-state index in [1.807, 2.05) is 24.2 Å². The van der Waals surface area contributed by atoms with Crippen LogP contribution in [0, 0.1) is 6.92 Å². The van der Waals surface area contributed by atoms with Gasteiger partial charge in [-0.1, -0.05) is 26.0 Å². The molecule has 1 aliphatic rings. The van der Waals surface area contributed by atoms with Gasteiger partial charge in [-0.25, -0.2) is 0 Å². The lowest BCUT2D eigenvalue weighted by Crippen LogP contribution is -2.41. The van der Waals surface area contributed by atoms with Crippen LogP contribution >= 0.6 is 0 Å². The van der Waals surface area contributed by atoms with E-state index >= 15 is 0 Å². The summed E-state index contributed by atoms with van der Waals surface area (Å²) < 4.78 is 5.89. The van der Waals surface area contributed by atoms with E-state index in [-0.39, 0.29) is 18.6 Å². The molecule has 134 valence electrons. The van der Waals surface area contributed by atoms with Gasteiger partial charge in [0.15, 0.2) is 6.61 Å². The molecule has 1 N–H and O–H groups in total. The van der Waals surface area contributed by atoms with Gasteiger partial charge in [0.05, 0.1) is 12.2 Å². The maximum absolute atomic E-state index is 12.8. The molecule has 1 saturated heterocycles. The predicted molar refractivity (Wildman–Crippen MR) is 97.7 cm³/mol. The summed E-state index contributed by atoms with van der Waals surface area (Å²) in [7, 11) is 0. The van der Waals surface area contributed by atoms with E-state index in [4.69, 9.17) is 4.74 Å². The second-order valence-corrected chi connectivity index (χ2v) is 7.10. The maximum Gasteiger partial charge on any atom is 0.261 e. The monoisotopic (exact) mass is 341 g/mol. The first-order valence-electron chi connectivity index (χ1n) is 9.07. The number of rotatable bonds is 5. The summed E-state index contributed by atoms with van der Waals surface area (Å²) in [5.74, 6) is 1.28. The highest BCUT2D eigenvalue weighted by Crippen LogP contribution is 2.30. The van der Waals surface area contributed by atoms with Crippen molar-refractivity contribution >= 4 is 5.91 Å². The maximum atomic E-state index is 12.8. The first-order chi connectivity index (χ1) is 12.1. The Morgan fingerprint density at radius 1 is 1.40 bits per heavy atom.